The minimum absolute atomic E-state index is 0.0133. The molecule has 0 spiro atoms. The summed E-state index contributed by atoms with van der Waals surface area (Å²) in [6, 6.07) is -2.43. The highest BCUT2D eigenvalue weighted by Gasteiger charge is 2.48. The lowest BCUT2D eigenvalue weighted by Gasteiger charge is -2.30. The third-order valence-corrected chi connectivity index (χ3v) is 6.46. The standard InChI is InChI=1S/C21H24F6N4O3/c1-33-9-14(31-8-15(21(25,26)27)30-19(31)32)11-6-12(22)17-13(7-11)29-18(34-17)16(28)10-2-4-20(23,24)5-3-10/h6-7,10,14-16H,2-5,8-9,28H2,1H3,(H,30,32)/t14-,15?,16+/m1/s1. The first kappa shape index (κ1) is 24.6. The third-order valence-electron chi connectivity index (χ3n) is 6.46. The van der Waals surface area contributed by atoms with Gasteiger partial charge < -0.3 is 25.1 Å². The van der Waals surface area contributed by atoms with Crippen LogP contribution in [0.4, 0.5) is 31.1 Å². The average Bonchev–Trinajstić information content (AvgIpc) is 3.35. The first-order valence-corrected chi connectivity index (χ1v) is 10.8. The average molecular weight is 494 g/mol. The van der Waals surface area contributed by atoms with Crippen LogP contribution in [0, 0.1) is 11.7 Å². The molecule has 4 rings (SSSR count). The fourth-order valence-electron chi connectivity index (χ4n) is 4.52. The van der Waals surface area contributed by atoms with Crippen LogP contribution in [0.25, 0.3) is 11.1 Å². The summed E-state index contributed by atoms with van der Waals surface area (Å²) in [5.74, 6) is -3.91. The van der Waals surface area contributed by atoms with E-state index in [1.54, 1.807) is 0 Å². The number of halogens is 6. The van der Waals surface area contributed by atoms with Crippen LogP contribution in [0.5, 0.6) is 0 Å². The molecule has 0 radical (unpaired) electrons. The van der Waals surface area contributed by atoms with Crippen molar-refractivity contribution < 1.29 is 40.3 Å². The summed E-state index contributed by atoms with van der Waals surface area (Å²) in [6.45, 7) is -0.860. The van der Waals surface area contributed by atoms with Crippen LogP contribution in [0.1, 0.15) is 49.2 Å². The normalized spacial score (nSPS) is 23.4. The van der Waals surface area contributed by atoms with E-state index in [2.05, 4.69) is 4.98 Å². The summed E-state index contributed by atoms with van der Waals surface area (Å²) >= 11 is 0. The van der Waals surface area contributed by atoms with Crippen LogP contribution in [-0.2, 0) is 4.74 Å². The van der Waals surface area contributed by atoms with Crippen molar-refractivity contribution in [1.82, 2.24) is 15.2 Å². The third kappa shape index (κ3) is 4.81. The van der Waals surface area contributed by atoms with Crippen molar-refractivity contribution in [3.05, 3.63) is 29.4 Å². The summed E-state index contributed by atoms with van der Waals surface area (Å²) in [5.41, 5.74) is 6.18. The quantitative estimate of drug-likeness (QED) is 0.580. The van der Waals surface area contributed by atoms with Gasteiger partial charge in [-0.25, -0.2) is 22.9 Å². The van der Waals surface area contributed by atoms with E-state index >= 15 is 0 Å². The highest BCUT2D eigenvalue weighted by Crippen LogP contribution is 2.41. The number of nitrogens with two attached hydrogens (primary N) is 1. The maximum Gasteiger partial charge on any atom is 0.410 e. The Morgan fingerprint density at radius 3 is 2.59 bits per heavy atom. The van der Waals surface area contributed by atoms with Gasteiger partial charge in [0.05, 0.1) is 25.2 Å². The van der Waals surface area contributed by atoms with E-state index in [9.17, 15) is 31.1 Å². The van der Waals surface area contributed by atoms with Crippen molar-refractivity contribution in [2.75, 3.05) is 20.3 Å². The Morgan fingerprint density at radius 2 is 2.00 bits per heavy atom. The summed E-state index contributed by atoms with van der Waals surface area (Å²) in [6.07, 6.45) is -4.92. The lowest BCUT2D eigenvalue weighted by Crippen LogP contribution is -2.40. The molecule has 1 aromatic heterocycles. The van der Waals surface area contributed by atoms with Crippen molar-refractivity contribution in [2.45, 2.75) is 55.9 Å². The molecule has 1 aromatic carbocycles. The van der Waals surface area contributed by atoms with E-state index in [-0.39, 0.29) is 60.8 Å². The van der Waals surface area contributed by atoms with E-state index in [4.69, 9.17) is 14.9 Å². The molecule has 1 saturated heterocycles. The Kier molecular flexibility index (Phi) is 6.44. The van der Waals surface area contributed by atoms with E-state index < -0.39 is 48.6 Å². The van der Waals surface area contributed by atoms with E-state index in [0.29, 0.717) is 0 Å². The van der Waals surface area contributed by atoms with Gasteiger partial charge in [-0.2, -0.15) is 13.2 Å². The molecule has 1 saturated carbocycles. The van der Waals surface area contributed by atoms with Crippen LogP contribution in [0.15, 0.2) is 16.5 Å². The number of methoxy groups -OCH3 is 1. The van der Waals surface area contributed by atoms with Gasteiger partial charge in [0.1, 0.15) is 11.6 Å². The molecule has 1 aliphatic carbocycles. The molecule has 2 aromatic rings. The highest BCUT2D eigenvalue weighted by molar-refractivity contribution is 5.79. The van der Waals surface area contributed by atoms with Gasteiger partial charge >= 0.3 is 12.2 Å². The number of hydrogen-bond donors (Lipinski definition) is 2. The molecule has 2 fully saturated rings. The largest absolute Gasteiger partial charge is 0.436 e. The van der Waals surface area contributed by atoms with E-state index in [1.807, 2.05) is 5.32 Å². The number of alkyl halides is 5. The molecule has 3 N–H and O–H groups in total. The Hall–Kier alpha value is -2.54. The molecule has 1 aliphatic heterocycles. The van der Waals surface area contributed by atoms with E-state index in [1.165, 1.54) is 13.2 Å². The van der Waals surface area contributed by atoms with Gasteiger partial charge in [0.2, 0.25) is 11.8 Å². The Labute approximate surface area is 190 Å². The molecule has 7 nitrogen and oxygen atoms in total. The van der Waals surface area contributed by atoms with Gasteiger partial charge in [-0.15, -0.1) is 0 Å². The second kappa shape index (κ2) is 8.91. The van der Waals surface area contributed by atoms with Gasteiger partial charge in [-0.3, -0.25) is 0 Å². The van der Waals surface area contributed by atoms with Crippen molar-refractivity contribution in [3.63, 3.8) is 0 Å². The number of nitrogens with one attached hydrogen (secondary N) is 1. The van der Waals surface area contributed by atoms with Gasteiger partial charge in [-0.05, 0) is 36.5 Å². The second-order valence-corrected chi connectivity index (χ2v) is 8.79. The molecule has 13 heteroatoms. The number of benzene rings is 1. The molecule has 3 atom stereocenters. The van der Waals surface area contributed by atoms with Crippen LogP contribution in [0.3, 0.4) is 0 Å². The zero-order chi connectivity index (χ0) is 24.8. The molecule has 34 heavy (non-hydrogen) atoms. The van der Waals surface area contributed by atoms with Crippen LogP contribution in [-0.4, -0.2) is 54.3 Å². The summed E-state index contributed by atoms with van der Waals surface area (Å²) in [7, 11) is 1.30. The summed E-state index contributed by atoms with van der Waals surface area (Å²) < 4.78 is 91.7. The highest BCUT2D eigenvalue weighted by atomic mass is 19.4. The number of aromatic nitrogens is 1. The lowest BCUT2D eigenvalue weighted by molar-refractivity contribution is -0.150. The number of carbonyl (C=O) groups is 1. The number of fused-ring (bicyclic) bond motifs is 1. The first-order chi connectivity index (χ1) is 15.9. The van der Waals surface area contributed by atoms with Gasteiger partial charge in [0, 0.05) is 20.0 Å². The zero-order valence-electron chi connectivity index (χ0n) is 18.2. The monoisotopic (exact) mass is 494 g/mol. The second-order valence-electron chi connectivity index (χ2n) is 8.79. The van der Waals surface area contributed by atoms with Gasteiger partial charge in [0.25, 0.3) is 0 Å². The molecular formula is C21H24F6N4O3. The molecule has 2 aliphatic rings. The minimum atomic E-state index is -4.64. The van der Waals surface area contributed by atoms with Crippen molar-refractivity contribution in [2.24, 2.45) is 11.7 Å². The first-order valence-electron chi connectivity index (χ1n) is 10.8. The number of ether oxygens (including phenoxy) is 1. The number of nitrogens with zero attached hydrogens (tertiary/aromatic N) is 2. The van der Waals surface area contributed by atoms with Crippen LogP contribution in [0.2, 0.25) is 0 Å². The van der Waals surface area contributed by atoms with Crippen molar-refractivity contribution >= 4 is 17.1 Å². The van der Waals surface area contributed by atoms with Crippen molar-refractivity contribution in [3.8, 4) is 0 Å². The predicted octanol–water partition coefficient (Wildman–Crippen LogP) is 4.44. The number of hydrogen-bond acceptors (Lipinski definition) is 5. The van der Waals surface area contributed by atoms with E-state index in [0.717, 1.165) is 11.0 Å². The Bertz CT molecular complexity index is 1050. The number of oxazole rings is 1. The fourth-order valence-corrected chi connectivity index (χ4v) is 4.52. The molecule has 2 heterocycles. The van der Waals surface area contributed by atoms with Crippen LogP contribution >= 0.6 is 0 Å². The fraction of sp³-hybridized carbons (Fsp3) is 0.619. The SMILES string of the molecule is COC[C@H](c1cc(F)c2oc([C@@H](N)C3CCC(F)(F)CC3)nc2c1)N1CC(C(F)(F)F)NC1=O. The number of urea groups is 1. The zero-order valence-corrected chi connectivity index (χ0v) is 18.2. The number of amides is 2. The Balaban J connectivity index is 1.61. The Morgan fingerprint density at radius 1 is 1.32 bits per heavy atom. The lowest BCUT2D eigenvalue weighted by atomic mass is 9.82. The number of carbonyl (C=O) groups excluding carboxylic acids is 1. The summed E-state index contributed by atoms with van der Waals surface area (Å²) in [4.78, 5) is 17.4. The maximum atomic E-state index is 14.9. The maximum absolute atomic E-state index is 14.9. The number of rotatable bonds is 6. The summed E-state index contributed by atoms with van der Waals surface area (Å²) in [5, 5.41) is 1.87. The minimum Gasteiger partial charge on any atom is -0.436 e. The molecular weight excluding hydrogens is 470 g/mol. The predicted molar refractivity (Wildman–Crippen MR) is 107 cm³/mol. The van der Waals surface area contributed by atoms with Crippen LogP contribution < -0.4 is 11.1 Å². The molecule has 188 valence electrons. The van der Waals surface area contributed by atoms with Gasteiger partial charge in [-0.1, -0.05) is 0 Å². The van der Waals surface area contributed by atoms with Crippen molar-refractivity contribution in [1.29, 1.82) is 0 Å². The molecule has 1 unspecified atom stereocenters. The van der Waals surface area contributed by atoms with Gasteiger partial charge in [0.15, 0.2) is 11.4 Å². The smallest absolute Gasteiger partial charge is 0.410 e. The molecule has 0 bridgehead atoms. The topological polar surface area (TPSA) is 93.6 Å². The molecule has 2 amide bonds.